The van der Waals surface area contributed by atoms with Crippen molar-refractivity contribution in [3.05, 3.63) is 5.89 Å². The molecule has 2 heterocycles. The molecular weight excluding hydrogens is 216 g/mol. The van der Waals surface area contributed by atoms with Gasteiger partial charge in [0.05, 0.1) is 6.04 Å². The molecule has 0 saturated carbocycles. The summed E-state index contributed by atoms with van der Waals surface area (Å²) in [5.41, 5.74) is 0. The zero-order chi connectivity index (χ0) is 12.3. The van der Waals surface area contributed by atoms with E-state index < -0.39 is 0 Å². The normalized spacial score (nSPS) is 22.1. The van der Waals surface area contributed by atoms with Crippen molar-refractivity contribution >= 4 is 6.01 Å². The van der Waals surface area contributed by atoms with Gasteiger partial charge in [0.15, 0.2) is 0 Å². The van der Waals surface area contributed by atoms with Gasteiger partial charge in [-0.15, -0.1) is 5.10 Å². The molecule has 17 heavy (non-hydrogen) atoms. The molecule has 0 radical (unpaired) electrons. The van der Waals surface area contributed by atoms with Gasteiger partial charge >= 0.3 is 6.01 Å². The Labute approximate surface area is 103 Å². The Morgan fingerprint density at radius 3 is 3.00 bits per heavy atom. The summed E-state index contributed by atoms with van der Waals surface area (Å²) < 4.78 is 5.72. The number of hydrogen-bond donors (Lipinski definition) is 1. The summed E-state index contributed by atoms with van der Waals surface area (Å²) in [6.07, 6.45) is 2.32. The molecule has 1 aliphatic rings. The van der Waals surface area contributed by atoms with Gasteiger partial charge in [0.1, 0.15) is 0 Å². The van der Waals surface area contributed by atoms with Crippen LogP contribution in [0, 0.1) is 5.92 Å². The van der Waals surface area contributed by atoms with Gasteiger partial charge < -0.3 is 14.6 Å². The summed E-state index contributed by atoms with van der Waals surface area (Å²) in [4.78, 5) is 2.17. The van der Waals surface area contributed by atoms with Gasteiger partial charge in [0.25, 0.3) is 0 Å². The van der Waals surface area contributed by atoms with Crippen molar-refractivity contribution in [1.82, 2.24) is 15.5 Å². The van der Waals surface area contributed by atoms with E-state index in [1.54, 1.807) is 0 Å². The highest BCUT2D eigenvalue weighted by atomic mass is 16.4. The van der Waals surface area contributed by atoms with Crippen molar-refractivity contribution in [3.8, 4) is 0 Å². The molecule has 0 aliphatic carbocycles. The minimum Gasteiger partial charge on any atom is -0.406 e. The van der Waals surface area contributed by atoms with Crippen LogP contribution in [0.15, 0.2) is 4.42 Å². The van der Waals surface area contributed by atoms with Crippen LogP contribution in [0.1, 0.15) is 45.5 Å². The van der Waals surface area contributed by atoms with Crippen molar-refractivity contribution < 1.29 is 4.42 Å². The van der Waals surface area contributed by atoms with Gasteiger partial charge in [-0.25, -0.2) is 0 Å². The second-order valence-corrected chi connectivity index (χ2v) is 4.94. The topological polar surface area (TPSA) is 54.2 Å². The standard InChI is InChI=1S/C12H22N4O/c1-4-6-13-10(3)11-14-15-12(17-11)16-7-5-9(2)8-16/h9-10,13H,4-8H2,1-3H3. The summed E-state index contributed by atoms with van der Waals surface area (Å²) in [6, 6.07) is 0.811. The van der Waals surface area contributed by atoms with Gasteiger partial charge in [0.2, 0.25) is 5.89 Å². The average molecular weight is 238 g/mol. The number of aromatic nitrogens is 2. The third-order valence-electron chi connectivity index (χ3n) is 3.20. The quantitative estimate of drug-likeness (QED) is 0.850. The first-order valence-electron chi connectivity index (χ1n) is 6.52. The maximum absolute atomic E-state index is 5.72. The van der Waals surface area contributed by atoms with Crippen LogP contribution in [0.25, 0.3) is 0 Å². The first kappa shape index (κ1) is 12.4. The Bertz CT molecular complexity index is 352. The number of hydrogen-bond acceptors (Lipinski definition) is 5. The molecule has 96 valence electrons. The van der Waals surface area contributed by atoms with Crippen molar-refractivity contribution in [2.24, 2.45) is 5.92 Å². The molecule has 5 nitrogen and oxygen atoms in total. The Morgan fingerprint density at radius 1 is 1.53 bits per heavy atom. The van der Waals surface area contributed by atoms with Gasteiger partial charge in [-0.3, -0.25) is 0 Å². The second kappa shape index (κ2) is 5.49. The largest absolute Gasteiger partial charge is 0.406 e. The fourth-order valence-electron chi connectivity index (χ4n) is 2.09. The van der Waals surface area contributed by atoms with Crippen LogP contribution < -0.4 is 10.2 Å². The van der Waals surface area contributed by atoms with E-state index in [1.165, 1.54) is 6.42 Å². The molecule has 2 atom stereocenters. The molecule has 2 rings (SSSR count). The summed E-state index contributed by atoms with van der Waals surface area (Å²) >= 11 is 0. The molecule has 5 heteroatoms. The molecule has 1 aromatic rings. The van der Waals surface area contributed by atoms with Crippen LogP contribution >= 0.6 is 0 Å². The Balaban J connectivity index is 1.95. The molecule has 0 bridgehead atoms. The van der Waals surface area contributed by atoms with Gasteiger partial charge in [0, 0.05) is 13.1 Å². The van der Waals surface area contributed by atoms with Crippen molar-refractivity contribution in [2.75, 3.05) is 24.5 Å². The Kier molecular flexibility index (Phi) is 3.99. The molecule has 1 N–H and O–H groups in total. The third-order valence-corrected chi connectivity index (χ3v) is 3.20. The van der Waals surface area contributed by atoms with Crippen LogP contribution in [0.4, 0.5) is 6.01 Å². The van der Waals surface area contributed by atoms with E-state index in [4.69, 9.17) is 4.42 Å². The van der Waals surface area contributed by atoms with Crippen LogP contribution in [-0.2, 0) is 0 Å². The SMILES string of the molecule is CCCNC(C)c1nnc(N2CCC(C)C2)o1. The molecule has 1 aliphatic heterocycles. The minimum absolute atomic E-state index is 0.135. The highest BCUT2D eigenvalue weighted by molar-refractivity contribution is 5.26. The molecule has 1 saturated heterocycles. The van der Waals surface area contributed by atoms with Crippen molar-refractivity contribution in [1.29, 1.82) is 0 Å². The van der Waals surface area contributed by atoms with E-state index in [0.29, 0.717) is 11.9 Å². The van der Waals surface area contributed by atoms with Crippen LogP contribution in [0.2, 0.25) is 0 Å². The van der Waals surface area contributed by atoms with E-state index in [2.05, 4.69) is 41.2 Å². The molecule has 2 unspecified atom stereocenters. The average Bonchev–Trinajstić information content (AvgIpc) is 2.93. The maximum Gasteiger partial charge on any atom is 0.318 e. The van der Waals surface area contributed by atoms with E-state index in [9.17, 15) is 0 Å². The minimum atomic E-state index is 0.135. The Hall–Kier alpha value is -1.10. The van der Waals surface area contributed by atoms with E-state index in [0.717, 1.165) is 32.0 Å². The number of nitrogens with one attached hydrogen (secondary N) is 1. The Morgan fingerprint density at radius 2 is 2.35 bits per heavy atom. The molecular formula is C12H22N4O. The summed E-state index contributed by atoms with van der Waals surface area (Å²) in [6.45, 7) is 9.48. The van der Waals surface area contributed by atoms with Gasteiger partial charge in [-0.1, -0.05) is 18.9 Å². The first-order chi connectivity index (χ1) is 8.20. The van der Waals surface area contributed by atoms with Crippen molar-refractivity contribution in [3.63, 3.8) is 0 Å². The summed E-state index contributed by atoms with van der Waals surface area (Å²) in [5.74, 6) is 1.41. The van der Waals surface area contributed by atoms with Crippen LogP contribution in [0.3, 0.4) is 0 Å². The third kappa shape index (κ3) is 2.97. The molecule has 0 aromatic carbocycles. The number of rotatable bonds is 5. The van der Waals surface area contributed by atoms with Gasteiger partial charge in [-0.05, 0) is 32.2 Å². The lowest BCUT2D eigenvalue weighted by molar-refractivity contribution is 0.416. The van der Waals surface area contributed by atoms with E-state index in [1.807, 2.05) is 0 Å². The van der Waals surface area contributed by atoms with Crippen LogP contribution in [-0.4, -0.2) is 29.8 Å². The lowest BCUT2D eigenvalue weighted by Gasteiger charge is -2.12. The molecule has 0 amide bonds. The second-order valence-electron chi connectivity index (χ2n) is 4.94. The lowest BCUT2D eigenvalue weighted by Crippen LogP contribution is -2.20. The van der Waals surface area contributed by atoms with Gasteiger partial charge in [-0.2, -0.15) is 0 Å². The zero-order valence-corrected chi connectivity index (χ0v) is 10.9. The van der Waals surface area contributed by atoms with Crippen LogP contribution in [0.5, 0.6) is 0 Å². The summed E-state index contributed by atoms with van der Waals surface area (Å²) in [7, 11) is 0. The maximum atomic E-state index is 5.72. The highest BCUT2D eigenvalue weighted by Gasteiger charge is 2.24. The number of anilines is 1. The van der Waals surface area contributed by atoms with E-state index in [-0.39, 0.29) is 6.04 Å². The van der Waals surface area contributed by atoms with Crippen molar-refractivity contribution in [2.45, 2.75) is 39.7 Å². The molecule has 1 fully saturated rings. The lowest BCUT2D eigenvalue weighted by atomic mass is 10.2. The smallest absolute Gasteiger partial charge is 0.318 e. The fourth-order valence-corrected chi connectivity index (χ4v) is 2.09. The predicted octanol–water partition coefficient (Wildman–Crippen LogP) is 1.98. The molecule has 0 spiro atoms. The monoisotopic (exact) mass is 238 g/mol. The summed E-state index contributed by atoms with van der Waals surface area (Å²) in [5, 5.41) is 11.6. The highest BCUT2D eigenvalue weighted by Crippen LogP contribution is 2.23. The first-order valence-corrected chi connectivity index (χ1v) is 6.52. The fraction of sp³-hybridized carbons (Fsp3) is 0.833. The predicted molar refractivity (Wildman–Crippen MR) is 67.0 cm³/mol. The zero-order valence-electron chi connectivity index (χ0n) is 10.9. The molecule has 1 aromatic heterocycles. The van der Waals surface area contributed by atoms with E-state index >= 15 is 0 Å². The number of nitrogens with zero attached hydrogens (tertiary/aromatic N) is 3.